The van der Waals surface area contributed by atoms with E-state index < -0.39 is 6.10 Å². The van der Waals surface area contributed by atoms with E-state index in [9.17, 15) is 9.90 Å². The first-order valence-electron chi connectivity index (χ1n) is 5.94. The normalized spacial score (nSPS) is 24.6. The van der Waals surface area contributed by atoms with Crippen molar-refractivity contribution in [1.29, 1.82) is 0 Å². The van der Waals surface area contributed by atoms with Crippen LogP contribution in [0.3, 0.4) is 0 Å². The summed E-state index contributed by atoms with van der Waals surface area (Å²) in [6.45, 7) is 2.02. The fourth-order valence-electron chi connectivity index (χ4n) is 2.12. The number of hydrogen-bond donors (Lipinski definition) is 2. The molecule has 100 valence electrons. The maximum absolute atomic E-state index is 11.9. The van der Waals surface area contributed by atoms with Gasteiger partial charge in [-0.3, -0.25) is 4.79 Å². The summed E-state index contributed by atoms with van der Waals surface area (Å²) in [7, 11) is 3.91. The van der Waals surface area contributed by atoms with Crippen molar-refractivity contribution in [3.63, 3.8) is 0 Å². The van der Waals surface area contributed by atoms with Gasteiger partial charge in [-0.05, 0) is 20.5 Å². The Morgan fingerprint density at radius 1 is 1.59 bits per heavy atom. The van der Waals surface area contributed by atoms with Gasteiger partial charge in [-0.15, -0.1) is 0 Å². The predicted molar refractivity (Wildman–Crippen MR) is 64.6 cm³/mol. The highest BCUT2D eigenvalue weighted by Gasteiger charge is 2.34. The lowest BCUT2D eigenvalue weighted by atomic mass is 10.2. The molecule has 0 bridgehead atoms. The van der Waals surface area contributed by atoms with Crippen molar-refractivity contribution in [2.75, 3.05) is 46.9 Å². The third-order valence-electron chi connectivity index (χ3n) is 2.78. The van der Waals surface area contributed by atoms with E-state index in [0.29, 0.717) is 26.1 Å². The number of aliphatic hydroxyl groups excluding tert-OH is 1. The fraction of sp³-hybridized carbons (Fsp3) is 0.909. The third-order valence-corrected chi connectivity index (χ3v) is 2.78. The quantitative estimate of drug-likeness (QED) is 0.556. The summed E-state index contributed by atoms with van der Waals surface area (Å²) in [4.78, 5) is 15.6. The molecule has 6 nitrogen and oxygen atoms in total. The molecule has 1 aliphatic rings. The molecule has 0 spiro atoms. The van der Waals surface area contributed by atoms with Gasteiger partial charge in [0.05, 0.1) is 12.7 Å². The average Bonchev–Trinajstić information content (AvgIpc) is 2.58. The van der Waals surface area contributed by atoms with Gasteiger partial charge in [-0.1, -0.05) is 0 Å². The number of carbonyl (C=O) groups is 1. The van der Waals surface area contributed by atoms with E-state index in [4.69, 9.17) is 10.5 Å². The van der Waals surface area contributed by atoms with Gasteiger partial charge in [0.25, 0.3) is 0 Å². The summed E-state index contributed by atoms with van der Waals surface area (Å²) in [5, 5.41) is 9.63. The van der Waals surface area contributed by atoms with Gasteiger partial charge in [-0.2, -0.15) is 0 Å². The second kappa shape index (κ2) is 6.90. The van der Waals surface area contributed by atoms with Crippen molar-refractivity contribution >= 4 is 5.91 Å². The standard InChI is InChI=1S/C11H23N3O3/c1-13(2)6-9-5-10(15)7-14(9)11(16)8-17-4-3-12/h9-10,15H,3-8,12H2,1-2H3. The van der Waals surface area contributed by atoms with Gasteiger partial charge < -0.3 is 25.4 Å². The van der Waals surface area contributed by atoms with Gasteiger partial charge in [0.15, 0.2) is 0 Å². The zero-order valence-electron chi connectivity index (χ0n) is 10.6. The molecule has 0 saturated carbocycles. The van der Waals surface area contributed by atoms with E-state index in [1.165, 1.54) is 0 Å². The van der Waals surface area contributed by atoms with Gasteiger partial charge in [0.2, 0.25) is 5.91 Å². The van der Waals surface area contributed by atoms with E-state index in [2.05, 4.69) is 0 Å². The minimum Gasteiger partial charge on any atom is -0.391 e. The molecule has 3 N–H and O–H groups in total. The number of amides is 1. The van der Waals surface area contributed by atoms with Crippen molar-refractivity contribution in [2.24, 2.45) is 5.73 Å². The molecule has 1 rings (SSSR count). The number of ether oxygens (including phenoxy) is 1. The number of β-amino-alcohol motifs (C(OH)–C–C–N with tert-alkyl or cyclic N) is 1. The Hall–Kier alpha value is -0.690. The molecule has 2 unspecified atom stereocenters. The van der Waals surface area contributed by atoms with Crippen LogP contribution in [0.1, 0.15) is 6.42 Å². The molecule has 0 radical (unpaired) electrons. The van der Waals surface area contributed by atoms with Crippen LogP contribution in [0, 0.1) is 0 Å². The van der Waals surface area contributed by atoms with Crippen molar-refractivity contribution in [1.82, 2.24) is 9.80 Å². The van der Waals surface area contributed by atoms with Crippen molar-refractivity contribution in [3.8, 4) is 0 Å². The first kappa shape index (κ1) is 14.4. The van der Waals surface area contributed by atoms with Gasteiger partial charge in [0, 0.05) is 25.7 Å². The van der Waals surface area contributed by atoms with Crippen LogP contribution in [-0.2, 0) is 9.53 Å². The number of aliphatic hydroxyl groups is 1. The lowest BCUT2D eigenvalue weighted by Gasteiger charge is -2.26. The van der Waals surface area contributed by atoms with Crippen LogP contribution in [0.4, 0.5) is 0 Å². The van der Waals surface area contributed by atoms with E-state index in [1.807, 2.05) is 19.0 Å². The van der Waals surface area contributed by atoms with Crippen molar-refractivity contribution < 1.29 is 14.6 Å². The van der Waals surface area contributed by atoms with Crippen LogP contribution >= 0.6 is 0 Å². The fourth-order valence-corrected chi connectivity index (χ4v) is 2.12. The zero-order valence-corrected chi connectivity index (χ0v) is 10.6. The number of likely N-dealkylation sites (tertiary alicyclic amines) is 1. The second-order valence-corrected chi connectivity index (χ2v) is 4.69. The van der Waals surface area contributed by atoms with Crippen LogP contribution in [-0.4, -0.2) is 79.9 Å². The van der Waals surface area contributed by atoms with E-state index in [-0.39, 0.29) is 18.6 Å². The van der Waals surface area contributed by atoms with Crippen LogP contribution < -0.4 is 5.73 Å². The minimum absolute atomic E-state index is 0.0495. The van der Waals surface area contributed by atoms with Crippen molar-refractivity contribution in [3.05, 3.63) is 0 Å². The molecule has 2 atom stereocenters. The zero-order chi connectivity index (χ0) is 12.8. The second-order valence-electron chi connectivity index (χ2n) is 4.69. The molecule has 0 aromatic rings. The Morgan fingerprint density at radius 3 is 2.88 bits per heavy atom. The highest BCUT2D eigenvalue weighted by Crippen LogP contribution is 2.18. The summed E-state index contributed by atoms with van der Waals surface area (Å²) >= 11 is 0. The number of hydrogen-bond acceptors (Lipinski definition) is 5. The molecule has 1 saturated heterocycles. The van der Waals surface area contributed by atoms with E-state index in [1.54, 1.807) is 4.90 Å². The largest absolute Gasteiger partial charge is 0.391 e. The molecule has 1 heterocycles. The third kappa shape index (κ3) is 4.59. The molecule has 6 heteroatoms. The number of nitrogens with two attached hydrogens (primary N) is 1. The van der Waals surface area contributed by atoms with Crippen LogP contribution in [0.25, 0.3) is 0 Å². The first-order valence-corrected chi connectivity index (χ1v) is 5.94. The summed E-state index contributed by atoms with van der Waals surface area (Å²) < 4.78 is 5.13. The summed E-state index contributed by atoms with van der Waals surface area (Å²) in [5.74, 6) is -0.0677. The molecular formula is C11H23N3O3. The molecule has 1 fully saturated rings. The maximum Gasteiger partial charge on any atom is 0.248 e. The minimum atomic E-state index is -0.418. The predicted octanol–water partition coefficient (Wildman–Crippen LogP) is -1.51. The lowest BCUT2D eigenvalue weighted by molar-refractivity contribution is -0.137. The van der Waals surface area contributed by atoms with Crippen LogP contribution in [0.5, 0.6) is 0 Å². The molecular weight excluding hydrogens is 222 g/mol. The van der Waals surface area contributed by atoms with Crippen LogP contribution in [0.15, 0.2) is 0 Å². The molecule has 0 aliphatic carbocycles. The topological polar surface area (TPSA) is 79.0 Å². The Balaban J connectivity index is 2.45. The Labute approximate surface area is 102 Å². The number of nitrogens with zero attached hydrogens (tertiary/aromatic N) is 2. The van der Waals surface area contributed by atoms with Gasteiger partial charge in [-0.25, -0.2) is 0 Å². The monoisotopic (exact) mass is 245 g/mol. The average molecular weight is 245 g/mol. The molecule has 0 aromatic carbocycles. The van der Waals surface area contributed by atoms with Crippen molar-refractivity contribution in [2.45, 2.75) is 18.6 Å². The SMILES string of the molecule is CN(C)CC1CC(O)CN1C(=O)COCCN. The summed E-state index contributed by atoms with van der Waals surface area (Å²) in [6, 6.07) is 0.0778. The Kier molecular flexibility index (Phi) is 5.84. The van der Waals surface area contributed by atoms with E-state index >= 15 is 0 Å². The first-order chi connectivity index (χ1) is 8.04. The molecule has 17 heavy (non-hydrogen) atoms. The highest BCUT2D eigenvalue weighted by atomic mass is 16.5. The molecule has 1 aliphatic heterocycles. The highest BCUT2D eigenvalue weighted by molar-refractivity contribution is 5.78. The lowest BCUT2D eigenvalue weighted by Crippen LogP contribution is -2.43. The van der Waals surface area contributed by atoms with E-state index in [0.717, 1.165) is 6.54 Å². The Morgan fingerprint density at radius 2 is 2.29 bits per heavy atom. The number of carbonyl (C=O) groups excluding carboxylic acids is 1. The maximum atomic E-state index is 11.9. The smallest absolute Gasteiger partial charge is 0.248 e. The van der Waals surface area contributed by atoms with Crippen LogP contribution in [0.2, 0.25) is 0 Å². The number of likely N-dealkylation sites (N-methyl/N-ethyl adjacent to an activating group) is 1. The molecule has 1 amide bonds. The molecule has 0 aromatic heterocycles. The van der Waals surface area contributed by atoms with Gasteiger partial charge >= 0.3 is 0 Å². The number of rotatable bonds is 6. The summed E-state index contributed by atoms with van der Waals surface area (Å²) in [5.41, 5.74) is 5.29. The Bertz CT molecular complexity index is 248. The van der Waals surface area contributed by atoms with Gasteiger partial charge in [0.1, 0.15) is 6.61 Å². The summed E-state index contributed by atoms with van der Waals surface area (Å²) in [6.07, 6.45) is 0.222.